The summed E-state index contributed by atoms with van der Waals surface area (Å²) in [6.45, 7) is 4.01. The molecular weight excluding hydrogens is 222 g/mol. The van der Waals surface area contributed by atoms with Crippen molar-refractivity contribution in [2.75, 3.05) is 13.1 Å². The number of likely N-dealkylation sites (tertiary alicyclic amines) is 1. The second kappa shape index (κ2) is 5.27. The Balaban J connectivity index is 1.92. The van der Waals surface area contributed by atoms with E-state index in [4.69, 9.17) is 9.63 Å². The first-order valence-electron chi connectivity index (χ1n) is 5.95. The Labute approximate surface area is 99.6 Å². The number of hydrogen-bond acceptors (Lipinski definition) is 5. The van der Waals surface area contributed by atoms with Crippen LogP contribution in [0.5, 0.6) is 0 Å². The van der Waals surface area contributed by atoms with E-state index in [1.165, 1.54) is 0 Å². The fourth-order valence-corrected chi connectivity index (χ4v) is 2.10. The molecule has 1 saturated heterocycles. The Kier molecular flexibility index (Phi) is 3.73. The van der Waals surface area contributed by atoms with Crippen molar-refractivity contribution in [3.63, 3.8) is 0 Å². The molecule has 94 valence electrons. The highest BCUT2D eigenvalue weighted by Crippen LogP contribution is 2.18. The maximum Gasteiger partial charge on any atom is 0.307 e. The SMILES string of the molecule is CCc1nc(CN2CCCC(C(=O)O)C2)no1. The molecule has 0 amide bonds. The van der Waals surface area contributed by atoms with Crippen molar-refractivity contribution in [3.05, 3.63) is 11.7 Å². The fourth-order valence-electron chi connectivity index (χ4n) is 2.10. The minimum atomic E-state index is -0.711. The summed E-state index contributed by atoms with van der Waals surface area (Å²) >= 11 is 0. The summed E-state index contributed by atoms with van der Waals surface area (Å²) in [6.07, 6.45) is 2.40. The fraction of sp³-hybridized carbons (Fsp3) is 0.727. The van der Waals surface area contributed by atoms with Gasteiger partial charge in [0.15, 0.2) is 5.82 Å². The van der Waals surface area contributed by atoms with Crippen LogP contribution in [-0.4, -0.2) is 39.2 Å². The number of piperidine rings is 1. The van der Waals surface area contributed by atoms with Crippen LogP contribution in [0.15, 0.2) is 4.52 Å². The molecule has 1 aromatic rings. The molecule has 0 spiro atoms. The standard InChI is InChI=1S/C11H17N3O3/c1-2-10-12-9(13-17-10)7-14-5-3-4-8(6-14)11(15)16/h8H,2-7H2,1H3,(H,15,16). The Morgan fingerprint density at radius 1 is 1.65 bits per heavy atom. The highest BCUT2D eigenvalue weighted by Gasteiger charge is 2.26. The van der Waals surface area contributed by atoms with Gasteiger partial charge < -0.3 is 9.63 Å². The van der Waals surface area contributed by atoms with Crippen molar-refractivity contribution < 1.29 is 14.4 Å². The first-order valence-corrected chi connectivity index (χ1v) is 5.95. The van der Waals surface area contributed by atoms with Crippen LogP contribution in [0.4, 0.5) is 0 Å². The monoisotopic (exact) mass is 239 g/mol. The van der Waals surface area contributed by atoms with Gasteiger partial charge in [-0.1, -0.05) is 12.1 Å². The van der Waals surface area contributed by atoms with Crippen LogP contribution in [0.25, 0.3) is 0 Å². The molecule has 0 saturated carbocycles. The molecule has 1 aliphatic rings. The van der Waals surface area contributed by atoms with E-state index in [1.54, 1.807) is 0 Å². The van der Waals surface area contributed by atoms with Crippen molar-refractivity contribution in [1.29, 1.82) is 0 Å². The molecule has 0 aromatic carbocycles. The van der Waals surface area contributed by atoms with E-state index in [9.17, 15) is 4.79 Å². The second-order valence-corrected chi connectivity index (χ2v) is 4.37. The van der Waals surface area contributed by atoms with Crippen LogP contribution in [0.3, 0.4) is 0 Å². The number of aryl methyl sites for hydroxylation is 1. The van der Waals surface area contributed by atoms with E-state index in [2.05, 4.69) is 15.0 Å². The lowest BCUT2D eigenvalue weighted by Gasteiger charge is -2.29. The van der Waals surface area contributed by atoms with Crippen LogP contribution >= 0.6 is 0 Å². The van der Waals surface area contributed by atoms with Crippen molar-refractivity contribution in [1.82, 2.24) is 15.0 Å². The van der Waals surface area contributed by atoms with Crippen LogP contribution in [0.1, 0.15) is 31.5 Å². The van der Waals surface area contributed by atoms with Gasteiger partial charge >= 0.3 is 5.97 Å². The van der Waals surface area contributed by atoms with E-state index in [0.717, 1.165) is 25.8 Å². The Hall–Kier alpha value is -1.43. The lowest BCUT2D eigenvalue weighted by atomic mass is 9.98. The predicted octanol–water partition coefficient (Wildman–Crippen LogP) is 0.929. The van der Waals surface area contributed by atoms with Crippen molar-refractivity contribution >= 4 is 5.97 Å². The quantitative estimate of drug-likeness (QED) is 0.842. The maximum atomic E-state index is 10.9. The summed E-state index contributed by atoms with van der Waals surface area (Å²) in [5.41, 5.74) is 0. The average molecular weight is 239 g/mol. The minimum absolute atomic E-state index is 0.263. The lowest BCUT2D eigenvalue weighted by molar-refractivity contribution is -0.143. The zero-order valence-corrected chi connectivity index (χ0v) is 9.93. The lowest BCUT2D eigenvalue weighted by Crippen LogP contribution is -2.38. The number of rotatable bonds is 4. The molecule has 1 N–H and O–H groups in total. The molecule has 6 nitrogen and oxygen atoms in total. The Morgan fingerprint density at radius 3 is 3.12 bits per heavy atom. The van der Waals surface area contributed by atoms with Crippen molar-refractivity contribution in [3.8, 4) is 0 Å². The molecule has 17 heavy (non-hydrogen) atoms. The van der Waals surface area contributed by atoms with Gasteiger partial charge in [0.05, 0.1) is 12.5 Å². The Bertz CT molecular complexity index is 391. The highest BCUT2D eigenvalue weighted by atomic mass is 16.5. The molecular formula is C11H17N3O3. The molecule has 6 heteroatoms. The van der Waals surface area contributed by atoms with Gasteiger partial charge in [-0.2, -0.15) is 4.98 Å². The number of carboxylic acid groups (broad SMARTS) is 1. The van der Waals surface area contributed by atoms with Gasteiger partial charge in [-0.3, -0.25) is 9.69 Å². The summed E-state index contributed by atoms with van der Waals surface area (Å²) < 4.78 is 5.03. The van der Waals surface area contributed by atoms with Gasteiger partial charge in [-0.05, 0) is 19.4 Å². The molecule has 0 aliphatic carbocycles. The van der Waals surface area contributed by atoms with Gasteiger partial charge in [0, 0.05) is 13.0 Å². The second-order valence-electron chi connectivity index (χ2n) is 4.37. The first-order chi connectivity index (χ1) is 8.19. The number of carbonyl (C=O) groups is 1. The number of nitrogens with zero attached hydrogens (tertiary/aromatic N) is 3. The Morgan fingerprint density at radius 2 is 2.47 bits per heavy atom. The summed E-state index contributed by atoms with van der Waals surface area (Å²) in [5.74, 6) is 0.304. The molecule has 0 bridgehead atoms. The topological polar surface area (TPSA) is 79.5 Å². The minimum Gasteiger partial charge on any atom is -0.481 e. The number of aliphatic carboxylic acids is 1. The largest absolute Gasteiger partial charge is 0.481 e. The van der Waals surface area contributed by atoms with Crippen LogP contribution < -0.4 is 0 Å². The number of hydrogen-bond donors (Lipinski definition) is 1. The van der Waals surface area contributed by atoms with Crippen LogP contribution in [0, 0.1) is 5.92 Å². The number of aromatic nitrogens is 2. The zero-order valence-electron chi connectivity index (χ0n) is 9.93. The third-order valence-corrected chi connectivity index (χ3v) is 3.03. The normalized spacial score (nSPS) is 21.6. The molecule has 2 heterocycles. The summed E-state index contributed by atoms with van der Waals surface area (Å²) in [6, 6.07) is 0. The van der Waals surface area contributed by atoms with E-state index in [1.807, 2.05) is 6.92 Å². The molecule has 0 radical (unpaired) electrons. The summed E-state index contributed by atoms with van der Waals surface area (Å²) in [5, 5.41) is 12.9. The van der Waals surface area contributed by atoms with Gasteiger partial charge in [-0.15, -0.1) is 0 Å². The van der Waals surface area contributed by atoms with Crippen molar-refractivity contribution in [2.24, 2.45) is 5.92 Å². The summed E-state index contributed by atoms with van der Waals surface area (Å²) in [7, 11) is 0. The highest BCUT2D eigenvalue weighted by molar-refractivity contribution is 5.70. The van der Waals surface area contributed by atoms with E-state index in [0.29, 0.717) is 24.8 Å². The third-order valence-electron chi connectivity index (χ3n) is 3.03. The average Bonchev–Trinajstić information content (AvgIpc) is 2.77. The van der Waals surface area contributed by atoms with E-state index in [-0.39, 0.29) is 5.92 Å². The van der Waals surface area contributed by atoms with Gasteiger partial charge in [0.2, 0.25) is 5.89 Å². The van der Waals surface area contributed by atoms with Gasteiger partial charge in [0.25, 0.3) is 0 Å². The number of carboxylic acids is 1. The van der Waals surface area contributed by atoms with Crippen LogP contribution in [0.2, 0.25) is 0 Å². The molecule has 1 atom stereocenters. The van der Waals surface area contributed by atoms with Crippen LogP contribution in [-0.2, 0) is 17.8 Å². The van der Waals surface area contributed by atoms with Crippen molar-refractivity contribution in [2.45, 2.75) is 32.7 Å². The van der Waals surface area contributed by atoms with Gasteiger partial charge in [-0.25, -0.2) is 0 Å². The molecule has 2 rings (SSSR count). The predicted molar refractivity (Wildman–Crippen MR) is 59.3 cm³/mol. The first kappa shape index (κ1) is 12.0. The summed E-state index contributed by atoms with van der Waals surface area (Å²) in [4.78, 5) is 17.2. The molecule has 1 aliphatic heterocycles. The van der Waals surface area contributed by atoms with Gasteiger partial charge in [0.1, 0.15) is 0 Å². The molecule has 1 aromatic heterocycles. The zero-order chi connectivity index (χ0) is 12.3. The smallest absolute Gasteiger partial charge is 0.307 e. The molecule has 1 unspecified atom stereocenters. The third kappa shape index (κ3) is 3.03. The maximum absolute atomic E-state index is 10.9. The molecule has 1 fully saturated rings. The van der Waals surface area contributed by atoms with E-state index < -0.39 is 5.97 Å². The van der Waals surface area contributed by atoms with E-state index >= 15 is 0 Å².